The molecule has 1 heterocycles. The van der Waals surface area contributed by atoms with Crippen LogP contribution in [0.15, 0.2) is 104 Å². The van der Waals surface area contributed by atoms with Gasteiger partial charge >= 0.3 is 0 Å². The van der Waals surface area contributed by atoms with Gasteiger partial charge in [0.25, 0.3) is 0 Å². The summed E-state index contributed by atoms with van der Waals surface area (Å²) in [5, 5.41) is 19.8. The molecule has 0 saturated carbocycles. The molecule has 0 bridgehead atoms. The van der Waals surface area contributed by atoms with Crippen molar-refractivity contribution in [1.29, 1.82) is 10.5 Å². The average molecular weight is 696 g/mol. The van der Waals surface area contributed by atoms with Gasteiger partial charge in [-0.25, -0.2) is 0 Å². The molecule has 0 spiro atoms. The van der Waals surface area contributed by atoms with Gasteiger partial charge in [0, 0.05) is 25.3 Å². The van der Waals surface area contributed by atoms with Crippen LogP contribution in [0.4, 0.5) is 11.4 Å². The molecule has 0 aliphatic carbocycles. The highest BCUT2D eigenvalue weighted by Crippen LogP contribution is 2.49. The molecule has 42 heavy (non-hydrogen) atoms. The topological polar surface area (TPSA) is 50.8 Å². The van der Waals surface area contributed by atoms with E-state index in [9.17, 15) is 10.5 Å². The number of hydrogen-bond donors (Lipinski definition) is 0. The highest BCUT2D eigenvalue weighted by Gasteiger charge is 2.24. The van der Waals surface area contributed by atoms with Gasteiger partial charge in [-0.3, -0.25) is 0 Å². The zero-order valence-electron chi connectivity index (χ0n) is 23.3. The van der Waals surface area contributed by atoms with Gasteiger partial charge in [-0.05, 0) is 89.4 Å². The second kappa shape index (κ2) is 14.1. The summed E-state index contributed by atoms with van der Waals surface area (Å²) in [6, 6.07) is 33.3. The Morgan fingerprint density at radius 3 is 1.60 bits per heavy atom. The number of unbranched alkanes of at least 4 members (excludes halogenated alkanes) is 3. The van der Waals surface area contributed by atoms with Crippen molar-refractivity contribution in [1.82, 2.24) is 0 Å². The first-order valence-electron chi connectivity index (χ1n) is 14.0. The molecule has 208 valence electrons. The maximum atomic E-state index is 9.91. The van der Waals surface area contributed by atoms with Crippen LogP contribution in [0.3, 0.4) is 0 Å². The lowest BCUT2D eigenvalue weighted by Gasteiger charge is -2.33. The van der Waals surface area contributed by atoms with Gasteiger partial charge in [0.05, 0.1) is 34.7 Å². The number of rotatable bonds is 9. The number of halogens is 2. The summed E-state index contributed by atoms with van der Waals surface area (Å²) in [4.78, 5) is 4.75. The van der Waals surface area contributed by atoms with Crippen LogP contribution >= 0.6 is 43.6 Å². The van der Waals surface area contributed by atoms with Crippen LogP contribution in [-0.2, 0) is 0 Å². The van der Waals surface area contributed by atoms with Gasteiger partial charge in [-0.15, -0.1) is 0 Å². The Hall–Kier alpha value is -3.55. The lowest BCUT2D eigenvalue weighted by atomic mass is 10.0. The Kier molecular flexibility index (Phi) is 10.0. The minimum atomic E-state index is 0.629. The highest BCUT2D eigenvalue weighted by molar-refractivity contribution is 9.10. The minimum Gasteiger partial charge on any atom is -0.340 e. The van der Waals surface area contributed by atoms with Crippen LogP contribution < -0.4 is 4.90 Å². The smallest absolute Gasteiger partial charge is 0.0998 e. The summed E-state index contributed by atoms with van der Waals surface area (Å²) in [7, 11) is 0. The number of anilines is 2. The predicted molar refractivity (Wildman–Crippen MR) is 183 cm³/mol. The van der Waals surface area contributed by atoms with Gasteiger partial charge in [0.2, 0.25) is 0 Å². The fraction of sp³-hybridized carbons (Fsp3) is 0.167. The zero-order chi connectivity index (χ0) is 29.5. The van der Waals surface area contributed by atoms with E-state index < -0.39 is 0 Å². The van der Waals surface area contributed by atoms with Crippen molar-refractivity contribution >= 4 is 78.3 Å². The van der Waals surface area contributed by atoms with Crippen LogP contribution in [0.2, 0.25) is 0 Å². The first-order valence-corrected chi connectivity index (χ1v) is 16.4. The van der Waals surface area contributed by atoms with Crippen molar-refractivity contribution in [3.63, 3.8) is 0 Å². The third-order valence-corrected chi connectivity index (χ3v) is 9.33. The summed E-state index contributed by atoms with van der Waals surface area (Å²) in [6.07, 6.45) is 8.67. The van der Waals surface area contributed by atoms with E-state index in [1.165, 1.54) is 30.6 Å². The van der Waals surface area contributed by atoms with E-state index >= 15 is 0 Å². The Morgan fingerprint density at radius 2 is 1.17 bits per heavy atom. The molecule has 1 aliphatic heterocycles. The zero-order valence-corrected chi connectivity index (χ0v) is 27.3. The molecule has 0 unspecified atom stereocenters. The molecule has 3 nitrogen and oxygen atoms in total. The van der Waals surface area contributed by atoms with Crippen molar-refractivity contribution in [2.45, 2.75) is 42.4 Å². The fourth-order valence-corrected chi connectivity index (χ4v) is 6.71. The van der Waals surface area contributed by atoms with Crippen LogP contribution in [0, 0.1) is 22.7 Å². The second-order valence-electron chi connectivity index (χ2n) is 10.1. The average Bonchev–Trinajstić information content (AvgIpc) is 3.01. The van der Waals surface area contributed by atoms with E-state index in [0.29, 0.717) is 11.1 Å². The molecular formula is C36H29Br2N3S. The minimum absolute atomic E-state index is 0.629. The lowest BCUT2D eigenvalue weighted by Crippen LogP contribution is -2.22. The van der Waals surface area contributed by atoms with Gasteiger partial charge in [-0.1, -0.05) is 106 Å². The van der Waals surface area contributed by atoms with Crippen molar-refractivity contribution in [3.8, 4) is 12.1 Å². The van der Waals surface area contributed by atoms with Crippen LogP contribution in [0.5, 0.6) is 0 Å². The van der Waals surface area contributed by atoms with Gasteiger partial charge in [-0.2, -0.15) is 10.5 Å². The molecule has 0 aromatic heterocycles. The highest BCUT2D eigenvalue weighted by atomic mass is 79.9. The number of fused-ring (bicyclic) bond motifs is 2. The van der Waals surface area contributed by atoms with Gasteiger partial charge < -0.3 is 4.90 Å². The van der Waals surface area contributed by atoms with Crippen LogP contribution in [-0.4, -0.2) is 6.54 Å². The summed E-state index contributed by atoms with van der Waals surface area (Å²) in [5.74, 6) is 0. The molecule has 0 fully saturated rings. The molecule has 0 saturated heterocycles. The molecule has 0 radical (unpaired) electrons. The van der Waals surface area contributed by atoms with E-state index in [2.05, 4.69) is 92.2 Å². The van der Waals surface area contributed by atoms with Crippen molar-refractivity contribution < 1.29 is 0 Å². The van der Waals surface area contributed by atoms with E-state index in [1.807, 2.05) is 60.7 Å². The first-order chi connectivity index (χ1) is 20.5. The number of benzene rings is 4. The molecule has 4 aromatic carbocycles. The van der Waals surface area contributed by atoms with Crippen molar-refractivity contribution in [3.05, 3.63) is 116 Å². The summed E-state index contributed by atoms with van der Waals surface area (Å²) in [5.41, 5.74) is 7.42. The molecule has 4 aromatic rings. The summed E-state index contributed by atoms with van der Waals surface area (Å²) >= 11 is 8.70. The normalized spacial score (nSPS) is 12.7. The molecule has 5 rings (SSSR count). The third-order valence-electron chi connectivity index (χ3n) is 7.18. The van der Waals surface area contributed by atoms with E-state index in [0.717, 1.165) is 54.0 Å². The Balaban J connectivity index is 1.51. The largest absolute Gasteiger partial charge is 0.340 e. The quantitative estimate of drug-likeness (QED) is 0.0994. The fourth-order valence-electron chi connectivity index (χ4n) is 4.99. The first kappa shape index (κ1) is 29.9. The second-order valence-corrected chi connectivity index (χ2v) is 13.0. The molecule has 0 atom stereocenters. The maximum absolute atomic E-state index is 9.91. The van der Waals surface area contributed by atoms with Crippen LogP contribution in [0.1, 0.15) is 54.9 Å². The Morgan fingerprint density at radius 1 is 0.690 bits per heavy atom. The van der Waals surface area contributed by atoms with Gasteiger partial charge in [0.15, 0.2) is 0 Å². The van der Waals surface area contributed by atoms with E-state index in [-0.39, 0.29) is 0 Å². The maximum Gasteiger partial charge on any atom is 0.0998 e. The number of allylic oxidation sites excluding steroid dienone is 2. The Bertz CT molecular complexity index is 1600. The van der Waals surface area contributed by atoms with Gasteiger partial charge in [0.1, 0.15) is 0 Å². The number of nitrogens with zero attached hydrogens (tertiary/aromatic N) is 3. The van der Waals surface area contributed by atoms with E-state index in [4.69, 9.17) is 0 Å². The standard InChI is InChI=1S/C36H29Br2N3S/c1-2-3-4-5-18-41-33-16-6-25(19-29(23-39)27-8-12-31(37)13-9-27)21-35(33)42-36-22-26(7-17-34(36)41)20-30(24-40)28-10-14-32(38)15-11-28/h6-17,19-22H,2-5,18H2,1H3/b29-19+,30-20+. The predicted octanol–water partition coefficient (Wildman–Crippen LogP) is 11.5. The molecule has 0 N–H and O–H groups in total. The number of hydrogen-bond acceptors (Lipinski definition) is 4. The molecule has 6 heteroatoms. The monoisotopic (exact) mass is 693 g/mol. The molecule has 1 aliphatic rings. The van der Waals surface area contributed by atoms with Crippen molar-refractivity contribution in [2.75, 3.05) is 11.4 Å². The summed E-state index contributed by atoms with van der Waals surface area (Å²) in [6.45, 7) is 3.18. The Labute approximate surface area is 269 Å². The third kappa shape index (κ3) is 7.08. The lowest BCUT2D eigenvalue weighted by molar-refractivity contribution is 0.665. The molecule has 0 amide bonds. The SMILES string of the molecule is CCCCCCN1c2ccc(/C=C(\C#N)c3ccc(Br)cc3)cc2Sc2cc(/C=C(\C#N)c3ccc(Br)cc3)ccc21. The summed E-state index contributed by atoms with van der Waals surface area (Å²) < 4.78 is 1.97. The molecular weight excluding hydrogens is 666 g/mol. The van der Waals surface area contributed by atoms with Crippen molar-refractivity contribution in [2.24, 2.45) is 0 Å². The number of nitriles is 2. The van der Waals surface area contributed by atoms with E-state index in [1.54, 1.807) is 11.8 Å². The van der Waals surface area contributed by atoms with Crippen LogP contribution in [0.25, 0.3) is 23.3 Å².